The van der Waals surface area contributed by atoms with Crippen LogP contribution in [0.2, 0.25) is 0 Å². The minimum atomic E-state index is -0.801. The highest BCUT2D eigenvalue weighted by molar-refractivity contribution is 6.11. The molecular formula is C34H35F2N5O4. The second kappa shape index (κ2) is 12.3. The minimum Gasteiger partial charge on any atom is -0.497 e. The lowest BCUT2D eigenvalue weighted by molar-refractivity contribution is -0.126. The number of likely N-dealkylation sites (N-methyl/N-ethyl adjacent to an activating group) is 1. The summed E-state index contributed by atoms with van der Waals surface area (Å²) in [6, 6.07) is 14.2. The Morgan fingerprint density at radius 2 is 1.78 bits per heavy atom. The van der Waals surface area contributed by atoms with Crippen molar-refractivity contribution in [2.45, 2.75) is 31.2 Å². The van der Waals surface area contributed by atoms with E-state index in [-0.39, 0.29) is 23.9 Å². The Bertz CT molecular complexity index is 1660. The fourth-order valence-electron chi connectivity index (χ4n) is 6.21. The monoisotopic (exact) mass is 615 g/mol. The summed E-state index contributed by atoms with van der Waals surface area (Å²) < 4.78 is 39.8. The maximum absolute atomic E-state index is 14.7. The largest absolute Gasteiger partial charge is 0.497 e. The number of rotatable bonds is 8. The number of fused-ring (bicyclic) bond motifs is 2. The number of anilines is 2. The van der Waals surface area contributed by atoms with Crippen molar-refractivity contribution in [1.82, 2.24) is 9.80 Å². The molecule has 0 bridgehead atoms. The van der Waals surface area contributed by atoms with E-state index in [9.17, 15) is 18.4 Å². The molecule has 1 saturated heterocycles. The highest BCUT2D eigenvalue weighted by atomic mass is 19.1. The summed E-state index contributed by atoms with van der Waals surface area (Å²) in [4.78, 5) is 33.2. The van der Waals surface area contributed by atoms with Crippen LogP contribution in [-0.2, 0) is 16.8 Å². The Hall–Kier alpha value is -4.77. The van der Waals surface area contributed by atoms with E-state index in [1.165, 1.54) is 12.1 Å². The van der Waals surface area contributed by atoms with Crippen molar-refractivity contribution >= 4 is 35.3 Å². The molecule has 2 heterocycles. The molecule has 234 valence electrons. The quantitative estimate of drug-likeness (QED) is 0.312. The zero-order valence-corrected chi connectivity index (χ0v) is 25.2. The second-order valence-electron chi connectivity index (χ2n) is 11.7. The number of nitrogens with zero attached hydrogens (tertiary/aromatic N) is 3. The number of benzene rings is 3. The van der Waals surface area contributed by atoms with E-state index in [4.69, 9.17) is 14.9 Å². The molecule has 9 nitrogen and oxygen atoms in total. The lowest BCUT2D eigenvalue weighted by atomic mass is 9.65. The molecule has 0 radical (unpaired) electrons. The van der Waals surface area contributed by atoms with Gasteiger partial charge in [-0.3, -0.25) is 4.79 Å². The van der Waals surface area contributed by atoms with Crippen LogP contribution in [0.25, 0.3) is 5.70 Å². The molecule has 3 aliphatic rings. The molecule has 2 amide bonds. The maximum atomic E-state index is 14.7. The number of carbonyl (C=O) groups is 2. The van der Waals surface area contributed by atoms with E-state index in [0.29, 0.717) is 61.7 Å². The first-order chi connectivity index (χ1) is 21.7. The average Bonchev–Trinajstić information content (AvgIpc) is 3.26. The third-order valence-corrected chi connectivity index (χ3v) is 8.94. The Balaban J connectivity index is 1.45. The van der Waals surface area contributed by atoms with E-state index in [0.717, 1.165) is 35.9 Å². The van der Waals surface area contributed by atoms with Crippen molar-refractivity contribution in [3.8, 4) is 11.5 Å². The summed E-state index contributed by atoms with van der Waals surface area (Å²) in [5, 5.41) is 10.8. The van der Waals surface area contributed by atoms with Crippen LogP contribution in [0.5, 0.6) is 11.5 Å². The van der Waals surface area contributed by atoms with Crippen molar-refractivity contribution in [2.24, 2.45) is 0 Å². The number of carbonyl (C=O) groups excluding carboxylic acids is 2. The third kappa shape index (κ3) is 5.75. The fraction of sp³-hybridized carbons (Fsp3) is 0.324. The number of methoxy groups -OCH3 is 1. The van der Waals surface area contributed by atoms with Crippen LogP contribution in [0.1, 0.15) is 36.0 Å². The van der Waals surface area contributed by atoms with Gasteiger partial charge < -0.3 is 34.9 Å². The highest BCUT2D eigenvalue weighted by Crippen LogP contribution is 2.57. The van der Waals surface area contributed by atoms with Crippen LogP contribution in [-0.4, -0.2) is 68.4 Å². The topological polar surface area (TPSA) is 98.2 Å². The lowest BCUT2D eigenvalue weighted by Crippen LogP contribution is -2.48. The standard InChI is InChI=1S/C34H35F2N5O4/c1-39-14-16-40(17-15-39)33(43)45-30-19-23(28(10-13-37)38-29-9-6-24(35)20-27(29)36)18-26-31(30)41(32(42)34(26)11-3-12-34)21-22-4-7-25(44-2)8-5-22/h4-10,13,18-20,37-38H,3,11-12,14-17,21H2,1-2H3/b28-10-,37-13?. The van der Waals surface area contributed by atoms with E-state index >= 15 is 0 Å². The predicted octanol–water partition coefficient (Wildman–Crippen LogP) is 5.79. The number of hydrogen-bond acceptors (Lipinski definition) is 7. The highest BCUT2D eigenvalue weighted by Gasteiger charge is 2.55. The number of halogens is 2. The summed E-state index contributed by atoms with van der Waals surface area (Å²) in [6.45, 7) is 2.67. The smallest absolute Gasteiger partial charge is 0.415 e. The molecule has 2 N–H and O–H groups in total. The van der Waals surface area contributed by atoms with Crippen molar-refractivity contribution in [3.05, 3.63) is 89.0 Å². The van der Waals surface area contributed by atoms with Gasteiger partial charge in [-0.2, -0.15) is 0 Å². The minimum absolute atomic E-state index is 0.0107. The Morgan fingerprint density at radius 3 is 2.40 bits per heavy atom. The number of amides is 2. The molecule has 2 aliphatic heterocycles. The van der Waals surface area contributed by atoms with Crippen molar-refractivity contribution in [1.29, 1.82) is 5.41 Å². The van der Waals surface area contributed by atoms with E-state index in [1.54, 1.807) is 23.0 Å². The van der Waals surface area contributed by atoms with Crippen LogP contribution in [0.3, 0.4) is 0 Å². The number of piperazine rings is 1. The van der Waals surface area contributed by atoms with Gasteiger partial charge in [0.05, 0.1) is 30.4 Å². The van der Waals surface area contributed by atoms with Crippen LogP contribution in [0.4, 0.5) is 25.0 Å². The van der Waals surface area contributed by atoms with Gasteiger partial charge >= 0.3 is 6.09 Å². The normalized spacial score (nSPS) is 17.6. The molecular weight excluding hydrogens is 580 g/mol. The van der Waals surface area contributed by atoms with E-state index in [2.05, 4.69) is 10.2 Å². The second-order valence-corrected chi connectivity index (χ2v) is 11.7. The van der Waals surface area contributed by atoms with Gasteiger partial charge in [0.1, 0.15) is 17.4 Å². The number of nitrogens with one attached hydrogen (secondary N) is 2. The van der Waals surface area contributed by atoms with E-state index < -0.39 is 23.1 Å². The summed E-state index contributed by atoms with van der Waals surface area (Å²) >= 11 is 0. The molecule has 3 aromatic rings. The Labute approximate surface area is 260 Å². The summed E-state index contributed by atoms with van der Waals surface area (Å²) in [7, 11) is 3.59. The maximum Gasteiger partial charge on any atom is 0.415 e. The molecule has 1 aliphatic carbocycles. The zero-order valence-electron chi connectivity index (χ0n) is 25.2. The Kier molecular flexibility index (Phi) is 8.28. The molecule has 6 rings (SSSR count). The Morgan fingerprint density at radius 1 is 1.04 bits per heavy atom. The lowest BCUT2D eigenvalue weighted by Gasteiger charge is -2.37. The van der Waals surface area contributed by atoms with E-state index in [1.807, 2.05) is 37.4 Å². The molecule has 2 fully saturated rings. The first-order valence-corrected chi connectivity index (χ1v) is 14.9. The first kappa shape index (κ1) is 30.3. The molecule has 45 heavy (non-hydrogen) atoms. The fourth-order valence-corrected chi connectivity index (χ4v) is 6.21. The van der Waals surface area contributed by atoms with Crippen LogP contribution < -0.4 is 19.7 Å². The number of allylic oxidation sites excluding steroid dienone is 1. The van der Waals surface area contributed by atoms with Gasteiger partial charge in [-0.25, -0.2) is 13.6 Å². The summed E-state index contributed by atoms with van der Waals surface area (Å²) in [5.41, 5.74) is 2.18. The molecule has 1 saturated carbocycles. The number of hydrogen-bond donors (Lipinski definition) is 2. The molecule has 0 aromatic heterocycles. The molecule has 0 unspecified atom stereocenters. The first-order valence-electron chi connectivity index (χ1n) is 14.9. The van der Waals surface area contributed by atoms with Gasteiger partial charge in [-0.15, -0.1) is 0 Å². The average molecular weight is 616 g/mol. The predicted molar refractivity (Wildman–Crippen MR) is 168 cm³/mol. The SMILES string of the molecule is COc1ccc(CN2C(=O)C3(CCC3)c3cc(/C(=C/C=N)Nc4ccc(F)cc4F)cc(OC(=O)N4CCN(C)CC4)c32)cc1. The summed E-state index contributed by atoms with van der Waals surface area (Å²) in [5.74, 6) is -0.679. The van der Waals surface area contributed by atoms with Gasteiger partial charge in [0, 0.05) is 49.7 Å². The van der Waals surface area contributed by atoms with Crippen molar-refractivity contribution in [2.75, 3.05) is 50.6 Å². The third-order valence-electron chi connectivity index (χ3n) is 8.94. The zero-order chi connectivity index (χ0) is 31.7. The van der Waals surface area contributed by atoms with Gasteiger partial charge in [-0.1, -0.05) is 18.6 Å². The van der Waals surface area contributed by atoms with Crippen LogP contribution >= 0.6 is 0 Å². The van der Waals surface area contributed by atoms with Crippen molar-refractivity contribution in [3.63, 3.8) is 0 Å². The van der Waals surface area contributed by atoms with Gasteiger partial charge in [0.25, 0.3) is 0 Å². The molecule has 11 heteroatoms. The molecule has 1 spiro atoms. The van der Waals surface area contributed by atoms with Gasteiger partial charge in [-0.05, 0) is 73.5 Å². The number of ether oxygens (including phenoxy) is 2. The van der Waals surface area contributed by atoms with Gasteiger partial charge in [0.2, 0.25) is 5.91 Å². The molecule has 3 aromatic carbocycles. The van der Waals surface area contributed by atoms with Crippen molar-refractivity contribution < 1.29 is 27.8 Å². The summed E-state index contributed by atoms with van der Waals surface area (Å²) in [6.07, 6.45) is 4.10. The van der Waals surface area contributed by atoms with Crippen LogP contribution in [0, 0.1) is 17.0 Å². The van der Waals surface area contributed by atoms with Crippen LogP contribution in [0.15, 0.2) is 60.7 Å². The van der Waals surface area contributed by atoms with Gasteiger partial charge in [0.15, 0.2) is 5.75 Å². The molecule has 0 atom stereocenters.